The third-order valence-electron chi connectivity index (χ3n) is 5.15. The number of carbonyl (C=O) groups excluding carboxylic acids is 1. The molecule has 0 bridgehead atoms. The maximum atomic E-state index is 13.0. The molecule has 1 saturated heterocycles. The van der Waals surface area contributed by atoms with E-state index >= 15 is 0 Å². The number of carbonyl (C=O) groups is 1. The lowest BCUT2D eigenvalue weighted by Gasteiger charge is -2.36. The highest BCUT2D eigenvalue weighted by Crippen LogP contribution is 2.18. The van der Waals surface area contributed by atoms with E-state index < -0.39 is 0 Å². The topological polar surface area (TPSA) is 35.6 Å². The van der Waals surface area contributed by atoms with E-state index in [1.165, 1.54) is 37.8 Å². The standard InChI is InChI=1S/C19H28FN3O/c20-16-7-9-18(10-8-16)23-13-11-22(12-14-23)15-19(24)21-17-5-3-1-2-4-6-17/h7-10,17H,1-6,11-15H2,(H,21,24). The minimum absolute atomic E-state index is 0.164. The Morgan fingerprint density at radius 3 is 2.25 bits per heavy atom. The maximum absolute atomic E-state index is 13.0. The third kappa shape index (κ3) is 4.94. The number of halogens is 1. The molecule has 3 rings (SSSR count). The first-order valence-electron chi connectivity index (χ1n) is 9.23. The van der Waals surface area contributed by atoms with Crippen LogP contribution in [0.2, 0.25) is 0 Å². The van der Waals surface area contributed by atoms with E-state index in [2.05, 4.69) is 15.1 Å². The number of benzene rings is 1. The monoisotopic (exact) mass is 333 g/mol. The molecule has 1 aromatic rings. The smallest absolute Gasteiger partial charge is 0.234 e. The van der Waals surface area contributed by atoms with Crippen LogP contribution >= 0.6 is 0 Å². The van der Waals surface area contributed by atoms with Crippen LogP contribution in [0.3, 0.4) is 0 Å². The summed E-state index contributed by atoms with van der Waals surface area (Å²) < 4.78 is 13.0. The molecule has 2 aliphatic rings. The summed E-state index contributed by atoms with van der Waals surface area (Å²) in [4.78, 5) is 16.7. The highest BCUT2D eigenvalue weighted by atomic mass is 19.1. The number of nitrogens with one attached hydrogen (secondary N) is 1. The Hall–Kier alpha value is -1.62. The average Bonchev–Trinajstić information content (AvgIpc) is 2.85. The highest BCUT2D eigenvalue weighted by molar-refractivity contribution is 5.78. The van der Waals surface area contributed by atoms with Gasteiger partial charge in [0.2, 0.25) is 5.91 Å². The summed E-state index contributed by atoms with van der Waals surface area (Å²) >= 11 is 0. The third-order valence-corrected chi connectivity index (χ3v) is 5.15. The summed E-state index contributed by atoms with van der Waals surface area (Å²) in [5, 5.41) is 3.22. The molecule has 0 spiro atoms. The van der Waals surface area contributed by atoms with E-state index in [0.29, 0.717) is 12.6 Å². The molecule has 4 nitrogen and oxygen atoms in total. The van der Waals surface area contributed by atoms with Gasteiger partial charge in [0.25, 0.3) is 0 Å². The van der Waals surface area contributed by atoms with E-state index in [9.17, 15) is 9.18 Å². The van der Waals surface area contributed by atoms with Crippen molar-refractivity contribution in [2.24, 2.45) is 0 Å². The lowest BCUT2D eigenvalue weighted by molar-refractivity contribution is -0.123. The van der Waals surface area contributed by atoms with Gasteiger partial charge < -0.3 is 10.2 Å². The Bertz CT molecular complexity index is 518. The molecular formula is C19H28FN3O. The summed E-state index contributed by atoms with van der Waals surface area (Å²) in [5.41, 5.74) is 1.05. The van der Waals surface area contributed by atoms with Crippen LogP contribution in [0.15, 0.2) is 24.3 Å². The SMILES string of the molecule is O=C(CN1CCN(c2ccc(F)cc2)CC1)NC1CCCCCC1. The van der Waals surface area contributed by atoms with Crippen LogP contribution < -0.4 is 10.2 Å². The molecule has 1 aliphatic heterocycles. The Kier molecular flexibility index (Phi) is 6.07. The molecule has 1 N–H and O–H groups in total. The molecule has 0 aromatic heterocycles. The number of rotatable bonds is 4. The molecule has 1 aliphatic carbocycles. The van der Waals surface area contributed by atoms with E-state index in [4.69, 9.17) is 0 Å². The molecule has 1 aromatic carbocycles. The van der Waals surface area contributed by atoms with Gasteiger partial charge in [-0.05, 0) is 37.1 Å². The number of nitrogens with zero attached hydrogens (tertiary/aromatic N) is 2. The first-order chi connectivity index (χ1) is 11.7. The zero-order chi connectivity index (χ0) is 16.8. The maximum Gasteiger partial charge on any atom is 0.234 e. The Morgan fingerprint density at radius 1 is 1.00 bits per heavy atom. The van der Waals surface area contributed by atoms with Gasteiger partial charge in [0.05, 0.1) is 6.54 Å². The van der Waals surface area contributed by atoms with Crippen molar-refractivity contribution in [3.05, 3.63) is 30.1 Å². The Balaban J connectivity index is 1.41. The lowest BCUT2D eigenvalue weighted by Crippen LogP contribution is -2.50. The molecule has 24 heavy (non-hydrogen) atoms. The van der Waals surface area contributed by atoms with Crippen LogP contribution in [0.4, 0.5) is 10.1 Å². The van der Waals surface area contributed by atoms with Gasteiger partial charge in [-0.15, -0.1) is 0 Å². The van der Waals surface area contributed by atoms with Gasteiger partial charge in [-0.3, -0.25) is 9.69 Å². The minimum atomic E-state index is -0.201. The molecule has 0 atom stereocenters. The van der Waals surface area contributed by atoms with Crippen molar-refractivity contribution < 1.29 is 9.18 Å². The summed E-state index contributed by atoms with van der Waals surface area (Å²) in [6, 6.07) is 7.03. The fourth-order valence-electron chi connectivity index (χ4n) is 3.72. The van der Waals surface area contributed by atoms with E-state index in [1.54, 1.807) is 0 Å². The van der Waals surface area contributed by atoms with Gasteiger partial charge in [-0.25, -0.2) is 4.39 Å². The lowest BCUT2D eigenvalue weighted by atomic mass is 10.1. The predicted octanol–water partition coefficient (Wildman–Crippen LogP) is 2.79. The molecule has 1 heterocycles. The molecule has 1 amide bonds. The normalized spacial score (nSPS) is 20.6. The zero-order valence-corrected chi connectivity index (χ0v) is 14.3. The van der Waals surface area contributed by atoms with E-state index in [-0.39, 0.29) is 11.7 Å². The number of hydrogen-bond donors (Lipinski definition) is 1. The van der Waals surface area contributed by atoms with Crippen LogP contribution in [0.1, 0.15) is 38.5 Å². The van der Waals surface area contributed by atoms with E-state index in [0.717, 1.165) is 44.7 Å². The Morgan fingerprint density at radius 2 is 1.62 bits per heavy atom. The predicted molar refractivity (Wildman–Crippen MR) is 94.7 cm³/mol. The van der Waals surface area contributed by atoms with E-state index in [1.807, 2.05) is 12.1 Å². The largest absolute Gasteiger partial charge is 0.369 e. The zero-order valence-electron chi connectivity index (χ0n) is 14.3. The van der Waals surface area contributed by atoms with Gasteiger partial charge in [0.15, 0.2) is 0 Å². The van der Waals surface area contributed by atoms with Crippen molar-refractivity contribution in [1.29, 1.82) is 0 Å². The quantitative estimate of drug-likeness (QED) is 0.861. The number of amides is 1. The number of hydrogen-bond acceptors (Lipinski definition) is 3. The second-order valence-electron chi connectivity index (χ2n) is 7.00. The van der Waals surface area contributed by atoms with Gasteiger partial charge in [-0.1, -0.05) is 25.7 Å². The number of piperazine rings is 1. The number of anilines is 1. The fraction of sp³-hybridized carbons (Fsp3) is 0.632. The van der Waals surface area contributed by atoms with Crippen LogP contribution in [-0.2, 0) is 4.79 Å². The highest BCUT2D eigenvalue weighted by Gasteiger charge is 2.21. The van der Waals surface area contributed by atoms with Gasteiger partial charge in [-0.2, -0.15) is 0 Å². The Labute approximate surface area is 144 Å². The summed E-state index contributed by atoms with van der Waals surface area (Å²) in [6.45, 7) is 3.99. The molecule has 1 saturated carbocycles. The van der Waals surface area contributed by atoms with Crippen LogP contribution in [0.25, 0.3) is 0 Å². The van der Waals surface area contributed by atoms with Gasteiger partial charge in [0.1, 0.15) is 5.82 Å². The van der Waals surface area contributed by atoms with Crippen molar-refractivity contribution in [3.8, 4) is 0 Å². The second-order valence-corrected chi connectivity index (χ2v) is 7.00. The van der Waals surface area contributed by atoms with Crippen LogP contribution in [0.5, 0.6) is 0 Å². The molecule has 5 heteroatoms. The minimum Gasteiger partial charge on any atom is -0.369 e. The average molecular weight is 333 g/mol. The molecule has 132 valence electrons. The molecule has 0 radical (unpaired) electrons. The van der Waals surface area contributed by atoms with Crippen LogP contribution in [-0.4, -0.2) is 49.6 Å². The summed E-state index contributed by atoms with van der Waals surface area (Å²) in [6.07, 6.45) is 7.34. The second kappa shape index (κ2) is 8.47. The first kappa shape index (κ1) is 17.2. The van der Waals surface area contributed by atoms with Crippen molar-refractivity contribution in [2.45, 2.75) is 44.6 Å². The van der Waals surface area contributed by atoms with Crippen LogP contribution in [0, 0.1) is 5.82 Å². The molecule has 0 unspecified atom stereocenters. The van der Waals surface area contributed by atoms with Gasteiger partial charge >= 0.3 is 0 Å². The molecular weight excluding hydrogens is 305 g/mol. The van der Waals surface area contributed by atoms with Crippen molar-refractivity contribution in [2.75, 3.05) is 37.6 Å². The first-order valence-corrected chi connectivity index (χ1v) is 9.23. The van der Waals surface area contributed by atoms with Crippen molar-refractivity contribution in [1.82, 2.24) is 10.2 Å². The summed E-state index contributed by atoms with van der Waals surface area (Å²) in [7, 11) is 0. The summed E-state index contributed by atoms with van der Waals surface area (Å²) in [5.74, 6) is -0.0373. The van der Waals surface area contributed by atoms with Crippen molar-refractivity contribution >= 4 is 11.6 Å². The van der Waals surface area contributed by atoms with Crippen molar-refractivity contribution in [3.63, 3.8) is 0 Å². The molecule has 2 fully saturated rings. The fourth-order valence-corrected chi connectivity index (χ4v) is 3.72. The van der Waals surface area contributed by atoms with Gasteiger partial charge in [0, 0.05) is 37.9 Å².